The summed E-state index contributed by atoms with van der Waals surface area (Å²) in [6.07, 6.45) is 14.2. The predicted molar refractivity (Wildman–Crippen MR) is 90.3 cm³/mol. The Morgan fingerprint density at radius 1 is 1.13 bits per heavy atom. The second-order valence-corrected chi connectivity index (χ2v) is 7.95. The molecule has 1 saturated carbocycles. The van der Waals surface area contributed by atoms with Crippen molar-refractivity contribution in [3.05, 3.63) is 28.7 Å². The highest BCUT2D eigenvalue weighted by molar-refractivity contribution is 7.93. The first-order valence-electron chi connectivity index (χ1n) is 8.09. The monoisotopic (exact) mass is 339 g/mol. The Morgan fingerprint density at radius 2 is 1.83 bits per heavy atom. The van der Waals surface area contributed by atoms with E-state index in [1.165, 1.54) is 63.2 Å². The standard InChI is InChI=1S/C9H18N2.C7H7NO3S/c1-2-5-9(6-3-1)7-4-8-10-11-9;8-12(10,11)7-3-1-2-6(4-7)5-9/h10-11H,1-8H2;1-3H,4H2,(H2,8,10,11). The number of carbonyl (C=O) groups excluding carboxylic acids is 1. The van der Waals surface area contributed by atoms with Gasteiger partial charge < -0.3 is 0 Å². The van der Waals surface area contributed by atoms with Gasteiger partial charge in [0.25, 0.3) is 0 Å². The van der Waals surface area contributed by atoms with Gasteiger partial charge in [-0.15, -0.1) is 0 Å². The van der Waals surface area contributed by atoms with Crippen LogP contribution in [0.3, 0.4) is 0 Å². The zero-order chi connectivity index (χ0) is 16.8. The van der Waals surface area contributed by atoms with Gasteiger partial charge in [0.2, 0.25) is 10.0 Å². The Bertz CT molecular complexity index is 599. The summed E-state index contributed by atoms with van der Waals surface area (Å²) in [5, 5.41) is 4.85. The SMILES string of the molecule is C1CCC2(CC1)CCCNN2.NS(=O)(=O)C1=CC=CC(=C=O)C1. The van der Waals surface area contributed by atoms with E-state index in [0.717, 1.165) is 6.54 Å². The molecule has 23 heavy (non-hydrogen) atoms. The molecular formula is C16H25N3O3S. The number of allylic oxidation sites excluding steroid dienone is 5. The molecule has 3 rings (SSSR count). The van der Waals surface area contributed by atoms with Crippen molar-refractivity contribution in [3.8, 4) is 0 Å². The largest absolute Gasteiger partial charge is 0.257 e. The summed E-state index contributed by atoms with van der Waals surface area (Å²) in [7, 11) is -3.66. The summed E-state index contributed by atoms with van der Waals surface area (Å²) in [5.41, 5.74) is 7.57. The van der Waals surface area contributed by atoms with Crippen LogP contribution in [-0.4, -0.2) is 26.4 Å². The molecule has 0 unspecified atom stereocenters. The lowest BCUT2D eigenvalue weighted by Crippen LogP contribution is -2.57. The lowest BCUT2D eigenvalue weighted by atomic mass is 9.78. The van der Waals surface area contributed by atoms with Gasteiger partial charge in [0.1, 0.15) is 5.94 Å². The fourth-order valence-electron chi connectivity index (χ4n) is 3.27. The molecule has 0 amide bonds. The van der Waals surface area contributed by atoms with Crippen LogP contribution in [0.1, 0.15) is 51.4 Å². The van der Waals surface area contributed by atoms with Crippen molar-refractivity contribution >= 4 is 16.0 Å². The molecule has 1 spiro atoms. The normalized spacial score (nSPS) is 23.5. The molecule has 2 fully saturated rings. The van der Waals surface area contributed by atoms with Crippen molar-refractivity contribution in [2.45, 2.75) is 56.9 Å². The maximum atomic E-state index is 10.8. The summed E-state index contributed by atoms with van der Waals surface area (Å²) in [4.78, 5) is 10.2. The zero-order valence-electron chi connectivity index (χ0n) is 13.3. The molecular weight excluding hydrogens is 314 g/mol. The van der Waals surface area contributed by atoms with E-state index in [9.17, 15) is 13.2 Å². The molecule has 1 heterocycles. The molecule has 1 saturated heterocycles. The number of rotatable bonds is 1. The molecule has 0 atom stereocenters. The molecule has 6 nitrogen and oxygen atoms in total. The number of hydrogen-bond acceptors (Lipinski definition) is 5. The number of primary sulfonamides is 1. The third-order valence-corrected chi connectivity index (χ3v) is 5.57. The topological polar surface area (TPSA) is 101 Å². The Labute approximate surface area is 137 Å². The molecule has 0 bridgehead atoms. The van der Waals surface area contributed by atoms with E-state index in [1.807, 2.05) is 0 Å². The van der Waals surface area contributed by atoms with Crippen molar-refractivity contribution in [2.75, 3.05) is 6.54 Å². The Morgan fingerprint density at radius 3 is 2.39 bits per heavy atom. The van der Waals surface area contributed by atoms with E-state index in [4.69, 9.17) is 5.14 Å². The van der Waals surface area contributed by atoms with Gasteiger partial charge in [-0.3, -0.25) is 10.9 Å². The summed E-state index contributed by atoms with van der Waals surface area (Å²) in [6, 6.07) is 0. The van der Waals surface area contributed by atoms with E-state index >= 15 is 0 Å². The fraction of sp³-hybridized carbons (Fsp3) is 0.625. The highest BCUT2D eigenvalue weighted by Crippen LogP contribution is 2.32. The van der Waals surface area contributed by atoms with Crippen LogP contribution in [0.4, 0.5) is 0 Å². The minimum Gasteiger partial charge on any atom is -0.257 e. The first-order chi connectivity index (χ1) is 11.0. The molecule has 128 valence electrons. The molecule has 0 aromatic carbocycles. The number of hydrogen-bond donors (Lipinski definition) is 3. The minimum absolute atomic E-state index is 0.0405. The average molecular weight is 339 g/mol. The molecule has 3 aliphatic rings. The van der Waals surface area contributed by atoms with E-state index in [0.29, 0.717) is 11.1 Å². The third-order valence-electron chi connectivity index (χ3n) is 4.56. The lowest BCUT2D eigenvalue weighted by Gasteiger charge is -2.41. The smallest absolute Gasteiger partial charge is 0.234 e. The summed E-state index contributed by atoms with van der Waals surface area (Å²) < 4.78 is 21.6. The number of nitrogens with two attached hydrogens (primary N) is 1. The molecule has 1 aliphatic heterocycles. The van der Waals surface area contributed by atoms with Crippen LogP contribution in [-0.2, 0) is 14.8 Å². The Kier molecular flexibility index (Phi) is 6.33. The first-order valence-corrected chi connectivity index (χ1v) is 9.64. The van der Waals surface area contributed by atoms with Gasteiger partial charge in [-0.2, -0.15) is 0 Å². The van der Waals surface area contributed by atoms with Crippen LogP contribution in [0.25, 0.3) is 0 Å². The summed E-state index contributed by atoms with van der Waals surface area (Å²) in [6.45, 7) is 1.15. The lowest BCUT2D eigenvalue weighted by molar-refractivity contribution is 0.156. The zero-order valence-corrected chi connectivity index (χ0v) is 14.1. The van der Waals surface area contributed by atoms with Gasteiger partial charge in [-0.05, 0) is 37.8 Å². The van der Waals surface area contributed by atoms with Crippen LogP contribution < -0.4 is 16.0 Å². The number of nitrogens with one attached hydrogen (secondary N) is 2. The molecule has 7 heteroatoms. The minimum atomic E-state index is -3.66. The maximum absolute atomic E-state index is 10.8. The van der Waals surface area contributed by atoms with E-state index in [1.54, 1.807) is 5.94 Å². The number of hydrazine groups is 1. The number of sulfonamides is 1. The molecule has 0 aromatic heterocycles. The van der Waals surface area contributed by atoms with Gasteiger partial charge in [-0.25, -0.2) is 18.4 Å². The average Bonchev–Trinajstić information content (AvgIpc) is 2.56. The predicted octanol–water partition coefficient (Wildman–Crippen LogP) is 1.45. The van der Waals surface area contributed by atoms with Gasteiger partial charge in [0, 0.05) is 24.1 Å². The molecule has 0 aromatic rings. The third kappa shape index (κ3) is 5.41. The Hall–Kier alpha value is -1.24. The van der Waals surface area contributed by atoms with Crippen molar-refractivity contribution < 1.29 is 13.2 Å². The van der Waals surface area contributed by atoms with E-state index < -0.39 is 10.0 Å². The van der Waals surface area contributed by atoms with E-state index in [2.05, 4.69) is 10.9 Å². The van der Waals surface area contributed by atoms with Gasteiger partial charge in [0.05, 0.1) is 4.91 Å². The van der Waals surface area contributed by atoms with E-state index in [-0.39, 0.29) is 11.3 Å². The first kappa shape index (κ1) is 18.1. The van der Waals surface area contributed by atoms with Crippen molar-refractivity contribution in [1.29, 1.82) is 0 Å². The van der Waals surface area contributed by atoms with Gasteiger partial charge in [0.15, 0.2) is 0 Å². The fourth-order valence-corrected chi connectivity index (χ4v) is 3.90. The molecule has 2 aliphatic carbocycles. The quantitative estimate of drug-likeness (QED) is 0.628. The van der Waals surface area contributed by atoms with Crippen molar-refractivity contribution in [2.24, 2.45) is 5.14 Å². The summed E-state index contributed by atoms with van der Waals surface area (Å²) >= 11 is 0. The van der Waals surface area contributed by atoms with Crippen LogP contribution in [0.2, 0.25) is 0 Å². The highest BCUT2D eigenvalue weighted by atomic mass is 32.2. The maximum Gasteiger partial charge on any atom is 0.234 e. The van der Waals surface area contributed by atoms with Crippen molar-refractivity contribution in [3.63, 3.8) is 0 Å². The summed E-state index contributed by atoms with van der Waals surface area (Å²) in [5.74, 6) is 1.62. The van der Waals surface area contributed by atoms with Crippen LogP contribution in [0, 0.1) is 0 Å². The van der Waals surface area contributed by atoms with Crippen LogP contribution in [0.15, 0.2) is 28.7 Å². The highest BCUT2D eigenvalue weighted by Gasteiger charge is 2.32. The van der Waals surface area contributed by atoms with Gasteiger partial charge in [-0.1, -0.05) is 25.3 Å². The molecule has 4 N–H and O–H groups in total. The second kappa shape index (κ2) is 8.04. The molecule has 0 radical (unpaired) electrons. The second-order valence-electron chi connectivity index (χ2n) is 6.34. The van der Waals surface area contributed by atoms with Crippen molar-refractivity contribution in [1.82, 2.24) is 10.9 Å². The van der Waals surface area contributed by atoms with Gasteiger partial charge >= 0.3 is 0 Å². The Balaban J connectivity index is 0.000000167. The van der Waals surface area contributed by atoms with Crippen LogP contribution in [0.5, 0.6) is 0 Å². The van der Waals surface area contributed by atoms with Crippen LogP contribution >= 0.6 is 0 Å².